The van der Waals surface area contributed by atoms with Crippen molar-refractivity contribution in [2.75, 3.05) is 18.1 Å². The predicted molar refractivity (Wildman–Crippen MR) is 116 cm³/mol. The third-order valence-electron chi connectivity index (χ3n) is 5.43. The van der Waals surface area contributed by atoms with Gasteiger partial charge < -0.3 is 14.1 Å². The van der Waals surface area contributed by atoms with Crippen LogP contribution in [0.4, 0.5) is 0 Å². The first-order valence-electron chi connectivity index (χ1n) is 10.7. The molecule has 1 atom stereocenters. The number of unbranched alkanes of at least 4 members (excludes halogenated alkanes) is 4. The zero-order valence-electron chi connectivity index (χ0n) is 17.6. The van der Waals surface area contributed by atoms with Crippen LogP contribution in [0.5, 0.6) is 5.75 Å². The standard InChI is InChI=1S/C23H31NO5S/c1-2-3-4-5-6-14-28-21-11-9-19(10-12-21)23(25)24(17-22-8-7-15-29-22)20-13-16-30(26,27)18-20/h7-12,15,20H,2-6,13-14,16-18H2,1H3/t20-/m0/s1. The average molecular weight is 434 g/mol. The summed E-state index contributed by atoms with van der Waals surface area (Å²) in [4.78, 5) is 14.8. The van der Waals surface area contributed by atoms with Crippen LogP contribution in [0, 0.1) is 0 Å². The SMILES string of the molecule is CCCCCCCOc1ccc(C(=O)N(Cc2ccco2)[C@H]2CCS(=O)(=O)C2)cc1. The summed E-state index contributed by atoms with van der Waals surface area (Å²) < 4.78 is 35.1. The minimum Gasteiger partial charge on any atom is -0.494 e. The van der Waals surface area contributed by atoms with E-state index in [0.717, 1.165) is 18.6 Å². The Morgan fingerprint density at radius 2 is 1.90 bits per heavy atom. The summed E-state index contributed by atoms with van der Waals surface area (Å²) >= 11 is 0. The molecule has 1 saturated heterocycles. The number of sulfone groups is 1. The molecule has 1 aliphatic rings. The highest BCUT2D eigenvalue weighted by atomic mass is 32.2. The summed E-state index contributed by atoms with van der Waals surface area (Å²) in [6.07, 6.45) is 7.90. The highest BCUT2D eigenvalue weighted by Gasteiger charge is 2.35. The highest BCUT2D eigenvalue weighted by molar-refractivity contribution is 7.91. The topological polar surface area (TPSA) is 76.8 Å². The smallest absolute Gasteiger partial charge is 0.254 e. The van der Waals surface area contributed by atoms with E-state index in [1.54, 1.807) is 47.6 Å². The van der Waals surface area contributed by atoms with E-state index >= 15 is 0 Å². The summed E-state index contributed by atoms with van der Waals surface area (Å²) in [7, 11) is -3.11. The number of carbonyl (C=O) groups is 1. The molecule has 1 fully saturated rings. The van der Waals surface area contributed by atoms with Crippen LogP contribution >= 0.6 is 0 Å². The van der Waals surface area contributed by atoms with Crippen LogP contribution in [-0.4, -0.2) is 43.4 Å². The van der Waals surface area contributed by atoms with Crippen molar-refractivity contribution in [3.05, 3.63) is 54.0 Å². The predicted octanol–water partition coefficient (Wildman–Crippen LogP) is 4.46. The number of benzene rings is 1. The molecule has 0 aliphatic carbocycles. The highest BCUT2D eigenvalue weighted by Crippen LogP contribution is 2.23. The lowest BCUT2D eigenvalue weighted by Crippen LogP contribution is -2.40. The molecule has 2 heterocycles. The fourth-order valence-electron chi connectivity index (χ4n) is 3.71. The summed E-state index contributed by atoms with van der Waals surface area (Å²) in [5.74, 6) is 1.29. The van der Waals surface area contributed by atoms with Crippen molar-refractivity contribution in [2.24, 2.45) is 0 Å². The molecule has 0 radical (unpaired) electrons. The Hall–Kier alpha value is -2.28. The first-order chi connectivity index (χ1) is 14.5. The quantitative estimate of drug-likeness (QED) is 0.489. The minimum atomic E-state index is -3.11. The molecule has 1 amide bonds. The second kappa shape index (κ2) is 10.7. The molecule has 0 spiro atoms. The summed E-state index contributed by atoms with van der Waals surface area (Å²) in [6.45, 7) is 3.12. The molecule has 0 saturated carbocycles. The van der Waals surface area contributed by atoms with E-state index in [1.807, 2.05) is 0 Å². The van der Waals surface area contributed by atoms with Crippen LogP contribution in [0.2, 0.25) is 0 Å². The van der Waals surface area contributed by atoms with E-state index in [-0.39, 0.29) is 30.0 Å². The molecule has 6 nitrogen and oxygen atoms in total. The summed E-state index contributed by atoms with van der Waals surface area (Å²) in [5.41, 5.74) is 0.515. The van der Waals surface area contributed by atoms with Gasteiger partial charge in [0, 0.05) is 11.6 Å². The summed E-state index contributed by atoms with van der Waals surface area (Å²) in [5, 5.41) is 0. The number of ether oxygens (including phenoxy) is 1. The lowest BCUT2D eigenvalue weighted by Gasteiger charge is -2.27. The Morgan fingerprint density at radius 1 is 1.13 bits per heavy atom. The van der Waals surface area contributed by atoms with Crippen LogP contribution in [-0.2, 0) is 16.4 Å². The zero-order chi connectivity index (χ0) is 21.4. The van der Waals surface area contributed by atoms with E-state index in [0.29, 0.717) is 24.4 Å². The maximum absolute atomic E-state index is 13.2. The lowest BCUT2D eigenvalue weighted by atomic mass is 10.1. The molecule has 2 aromatic rings. The fourth-order valence-corrected chi connectivity index (χ4v) is 5.44. The van der Waals surface area contributed by atoms with Crippen molar-refractivity contribution in [1.29, 1.82) is 0 Å². The van der Waals surface area contributed by atoms with Gasteiger partial charge in [-0.1, -0.05) is 32.6 Å². The van der Waals surface area contributed by atoms with Gasteiger partial charge in [0.2, 0.25) is 0 Å². The van der Waals surface area contributed by atoms with Crippen LogP contribution in [0.3, 0.4) is 0 Å². The molecular formula is C23H31NO5S. The normalized spacial score (nSPS) is 17.7. The minimum absolute atomic E-state index is 0.00131. The molecule has 0 unspecified atom stereocenters. The first-order valence-corrected chi connectivity index (χ1v) is 12.6. The molecule has 30 heavy (non-hydrogen) atoms. The van der Waals surface area contributed by atoms with Crippen LogP contribution < -0.4 is 4.74 Å². The van der Waals surface area contributed by atoms with Gasteiger partial charge in [-0.2, -0.15) is 0 Å². The van der Waals surface area contributed by atoms with Gasteiger partial charge in [-0.05, 0) is 49.2 Å². The van der Waals surface area contributed by atoms with Gasteiger partial charge >= 0.3 is 0 Å². The molecule has 3 rings (SSSR count). The van der Waals surface area contributed by atoms with E-state index in [2.05, 4.69) is 6.92 Å². The van der Waals surface area contributed by atoms with E-state index < -0.39 is 9.84 Å². The number of furan rings is 1. The molecule has 7 heteroatoms. The number of amides is 1. The maximum Gasteiger partial charge on any atom is 0.254 e. The van der Waals surface area contributed by atoms with Gasteiger partial charge in [0.05, 0.1) is 30.9 Å². The Balaban J connectivity index is 1.62. The average Bonchev–Trinajstić information content (AvgIpc) is 3.38. The van der Waals surface area contributed by atoms with Crippen molar-refractivity contribution in [3.8, 4) is 5.75 Å². The number of hydrogen-bond acceptors (Lipinski definition) is 5. The van der Waals surface area contributed by atoms with Crippen LogP contribution in [0.15, 0.2) is 47.1 Å². The Morgan fingerprint density at radius 3 is 2.53 bits per heavy atom. The van der Waals surface area contributed by atoms with Crippen LogP contribution in [0.1, 0.15) is 61.6 Å². The molecular weight excluding hydrogens is 402 g/mol. The monoisotopic (exact) mass is 433 g/mol. The Kier molecular flexibility index (Phi) is 7.96. The second-order valence-corrected chi connectivity index (χ2v) is 10.1. The summed E-state index contributed by atoms with van der Waals surface area (Å²) in [6, 6.07) is 10.3. The van der Waals surface area contributed by atoms with Crippen molar-refractivity contribution < 1.29 is 22.4 Å². The van der Waals surface area contributed by atoms with Gasteiger partial charge in [-0.15, -0.1) is 0 Å². The van der Waals surface area contributed by atoms with E-state index in [4.69, 9.17) is 9.15 Å². The molecule has 1 aromatic carbocycles. The molecule has 164 valence electrons. The van der Waals surface area contributed by atoms with Gasteiger partial charge in [-0.3, -0.25) is 4.79 Å². The molecule has 1 aliphatic heterocycles. The zero-order valence-corrected chi connectivity index (χ0v) is 18.4. The molecule has 0 bridgehead atoms. The van der Waals surface area contributed by atoms with Crippen molar-refractivity contribution in [1.82, 2.24) is 4.90 Å². The number of rotatable bonds is 11. The van der Waals surface area contributed by atoms with Gasteiger partial charge in [0.15, 0.2) is 9.84 Å². The molecule has 0 N–H and O–H groups in total. The van der Waals surface area contributed by atoms with Crippen molar-refractivity contribution in [2.45, 2.75) is 58.0 Å². The van der Waals surface area contributed by atoms with Gasteiger partial charge in [0.1, 0.15) is 11.5 Å². The van der Waals surface area contributed by atoms with Crippen LogP contribution in [0.25, 0.3) is 0 Å². The number of carbonyl (C=O) groups excluding carboxylic acids is 1. The fraction of sp³-hybridized carbons (Fsp3) is 0.522. The third-order valence-corrected chi connectivity index (χ3v) is 7.18. The number of hydrogen-bond donors (Lipinski definition) is 0. The van der Waals surface area contributed by atoms with Gasteiger partial charge in [-0.25, -0.2) is 8.42 Å². The van der Waals surface area contributed by atoms with Gasteiger partial charge in [0.25, 0.3) is 5.91 Å². The van der Waals surface area contributed by atoms with Crippen molar-refractivity contribution in [3.63, 3.8) is 0 Å². The van der Waals surface area contributed by atoms with Crippen molar-refractivity contribution >= 4 is 15.7 Å². The van der Waals surface area contributed by atoms with E-state index in [1.165, 1.54) is 19.3 Å². The molecule has 1 aromatic heterocycles. The second-order valence-electron chi connectivity index (χ2n) is 7.86. The van der Waals surface area contributed by atoms with E-state index in [9.17, 15) is 13.2 Å². The number of nitrogens with zero attached hydrogens (tertiary/aromatic N) is 1. The Bertz CT molecular complexity index is 890. The first kappa shape index (κ1) is 22.4. The lowest BCUT2D eigenvalue weighted by molar-refractivity contribution is 0.0666. The third kappa shape index (κ3) is 6.36. The maximum atomic E-state index is 13.2. The largest absolute Gasteiger partial charge is 0.494 e. The Labute approximate surface area is 179 Å².